The van der Waals surface area contributed by atoms with Gasteiger partial charge in [-0.3, -0.25) is 0 Å². The molecular weight excluding hydrogens is 288 g/mol. The molecule has 21 heavy (non-hydrogen) atoms. The van der Waals surface area contributed by atoms with Gasteiger partial charge in [0, 0.05) is 5.69 Å². The molecule has 1 heterocycles. The number of aryl methyl sites for hydroxylation is 2. The molecule has 0 saturated carbocycles. The van der Waals surface area contributed by atoms with Crippen molar-refractivity contribution in [3.63, 3.8) is 0 Å². The second kappa shape index (κ2) is 5.54. The van der Waals surface area contributed by atoms with E-state index in [1.54, 1.807) is 25.1 Å². The van der Waals surface area contributed by atoms with Crippen molar-refractivity contribution >= 4 is 15.7 Å². The molecule has 1 unspecified atom stereocenters. The van der Waals surface area contributed by atoms with Crippen molar-refractivity contribution in [2.24, 2.45) is 0 Å². The summed E-state index contributed by atoms with van der Waals surface area (Å²) in [5, 5.41) is 0. The third-order valence-corrected chi connectivity index (χ3v) is 5.03. The topological polar surface area (TPSA) is 85.3 Å². The van der Waals surface area contributed by atoms with Crippen molar-refractivity contribution in [1.29, 1.82) is 0 Å². The highest BCUT2D eigenvalue weighted by Crippen LogP contribution is 2.23. The van der Waals surface area contributed by atoms with Crippen LogP contribution >= 0.6 is 0 Å². The van der Waals surface area contributed by atoms with E-state index in [-0.39, 0.29) is 4.90 Å². The van der Waals surface area contributed by atoms with E-state index < -0.39 is 16.1 Å². The van der Waals surface area contributed by atoms with Crippen molar-refractivity contribution in [1.82, 2.24) is 4.72 Å². The van der Waals surface area contributed by atoms with Crippen molar-refractivity contribution in [3.8, 4) is 0 Å². The van der Waals surface area contributed by atoms with Crippen LogP contribution in [0.3, 0.4) is 0 Å². The molecule has 1 aromatic carbocycles. The van der Waals surface area contributed by atoms with Crippen molar-refractivity contribution in [3.05, 3.63) is 46.9 Å². The minimum Gasteiger partial charge on any atom is -0.465 e. The van der Waals surface area contributed by atoms with Gasteiger partial charge in [0.05, 0.1) is 10.9 Å². The lowest BCUT2D eigenvalue weighted by molar-refractivity contribution is 0.441. The van der Waals surface area contributed by atoms with Gasteiger partial charge in [-0.15, -0.1) is 0 Å². The maximum absolute atomic E-state index is 12.4. The summed E-state index contributed by atoms with van der Waals surface area (Å²) >= 11 is 0. The second-order valence-electron chi connectivity index (χ2n) is 5.25. The lowest BCUT2D eigenvalue weighted by atomic mass is 10.1. The molecule has 0 radical (unpaired) electrons. The number of hydrogen-bond donors (Lipinski definition) is 2. The smallest absolute Gasteiger partial charge is 0.241 e. The van der Waals surface area contributed by atoms with Crippen LogP contribution in [0.1, 0.15) is 35.6 Å². The Kier molecular flexibility index (Phi) is 4.11. The second-order valence-corrected chi connectivity index (χ2v) is 6.96. The number of benzene rings is 1. The molecule has 2 aromatic rings. The summed E-state index contributed by atoms with van der Waals surface area (Å²) in [7, 11) is -3.65. The van der Waals surface area contributed by atoms with Crippen LogP contribution < -0.4 is 10.5 Å². The van der Waals surface area contributed by atoms with E-state index in [0.717, 1.165) is 16.9 Å². The van der Waals surface area contributed by atoms with E-state index in [9.17, 15) is 8.42 Å². The first-order valence-electron chi connectivity index (χ1n) is 6.66. The van der Waals surface area contributed by atoms with E-state index in [0.29, 0.717) is 11.4 Å². The number of hydrogen-bond acceptors (Lipinski definition) is 4. The van der Waals surface area contributed by atoms with Gasteiger partial charge in [0.1, 0.15) is 11.5 Å². The van der Waals surface area contributed by atoms with Crippen LogP contribution in [0.5, 0.6) is 0 Å². The average molecular weight is 308 g/mol. The van der Waals surface area contributed by atoms with Gasteiger partial charge >= 0.3 is 0 Å². The maximum Gasteiger partial charge on any atom is 0.241 e. The largest absolute Gasteiger partial charge is 0.465 e. The highest BCUT2D eigenvalue weighted by atomic mass is 32.2. The Morgan fingerprint density at radius 1 is 1.19 bits per heavy atom. The lowest BCUT2D eigenvalue weighted by Gasteiger charge is -2.14. The van der Waals surface area contributed by atoms with Crippen LogP contribution in [0.15, 0.2) is 33.6 Å². The van der Waals surface area contributed by atoms with Crippen molar-refractivity contribution < 1.29 is 12.8 Å². The zero-order valence-corrected chi connectivity index (χ0v) is 13.4. The van der Waals surface area contributed by atoms with Crippen molar-refractivity contribution in [2.75, 3.05) is 5.73 Å². The fourth-order valence-corrected chi connectivity index (χ4v) is 3.38. The molecule has 3 N–H and O–H groups in total. The Bertz CT molecular complexity index is 740. The Morgan fingerprint density at radius 2 is 1.86 bits per heavy atom. The van der Waals surface area contributed by atoms with Crippen LogP contribution in [-0.4, -0.2) is 8.42 Å². The predicted octanol–water partition coefficient (Wildman–Crippen LogP) is 2.83. The van der Waals surface area contributed by atoms with Gasteiger partial charge in [-0.05, 0) is 63.1 Å². The monoisotopic (exact) mass is 308 g/mol. The number of sulfonamides is 1. The Labute approximate surface area is 125 Å². The van der Waals surface area contributed by atoms with E-state index in [2.05, 4.69) is 4.72 Å². The lowest BCUT2D eigenvalue weighted by Crippen LogP contribution is -2.27. The van der Waals surface area contributed by atoms with E-state index in [4.69, 9.17) is 10.2 Å². The van der Waals surface area contributed by atoms with Gasteiger partial charge in [-0.25, -0.2) is 13.1 Å². The first-order chi connectivity index (χ1) is 9.70. The van der Waals surface area contributed by atoms with Gasteiger partial charge in [0.15, 0.2) is 0 Å². The fourth-order valence-electron chi connectivity index (χ4n) is 2.05. The Balaban J connectivity index is 2.30. The molecule has 0 fully saturated rings. The molecule has 0 saturated heterocycles. The summed E-state index contributed by atoms with van der Waals surface area (Å²) in [6.07, 6.45) is 0. The molecule has 0 aliphatic rings. The van der Waals surface area contributed by atoms with Crippen LogP contribution in [-0.2, 0) is 10.0 Å². The van der Waals surface area contributed by atoms with Gasteiger partial charge in [-0.1, -0.05) is 0 Å². The molecule has 1 aromatic heterocycles. The third-order valence-electron chi connectivity index (χ3n) is 3.51. The first-order valence-corrected chi connectivity index (χ1v) is 8.14. The number of anilines is 1. The van der Waals surface area contributed by atoms with E-state index >= 15 is 0 Å². The molecule has 6 heteroatoms. The SMILES string of the molecule is Cc1ccc(C(C)NS(=O)(=O)c2cc(C)c(C)c(N)c2)o1. The standard InChI is InChI=1S/C15H20N2O3S/c1-9-7-13(8-14(16)11(9)3)21(18,19)17-12(4)15-6-5-10(2)20-15/h5-8,12,17H,16H2,1-4H3. The third kappa shape index (κ3) is 3.28. The van der Waals surface area contributed by atoms with Gasteiger partial charge in [0.2, 0.25) is 10.0 Å². The minimum atomic E-state index is -3.65. The predicted molar refractivity (Wildman–Crippen MR) is 82.5 cm³/mol. The molecule has 114 valence electrons. The highest BCUT2D eigenvalue weighted by Gasteiger charge is 2.21. The quantitative estimate of drug-likeness (QED) is 0.850. The average Bonchev–Trinajstić information content (AvgIpc) is 2.81. The number of nitrogens with one attached hydrogen (secondary N) is 1. The summed E-state index contributed by atoms with van der Waals surface area (Å²) < 4.78 is 32.9. The number of nitrogen functional groups attached to an aromatic ring is 1. The normalized spacial score (nSPS) is 13.3. The molecule has 0 aliphatic carbocycles. The summed E-state index contributed by atoms with van der Waals surface area (Å²) in [6, 6.07) is 6.20. The Morgan fingerprint density at radius 3 is 2.38 bits per heavy atom. The molecule has 0 amide bonds. The summed E-state index contributed by atoms with van der Waals surface area (Å²) in [5.41, 5.74) is 8.06. The summed E-state index contributed by atoms with van der Waals surface area (Å²) in [5.74, 6) is 1.32. The highest BCUT2D eigenvalue weighted by molar-refractivity contribution is 7.89. The van der Waals surface area contributed by atoms with Crippen LogP contribution in [0, 0.1) is 20.8 Å². The van der Waals surface area contributed by atoms with Gasteiger partial charge in [0.25, 0.3) is 0 Å². The summed E-state index contributed by atoms with van der Waals surface area (Å²) in [6.45, 7) is 7.25. The maximum atomic E-state index is 12.4. The minimum absolute atomic E-state index is 0.165. The number of nitrogens with two attached hydrogens (primary N) is 1. The molecule has 0 bridgehead atoms. The van der Waals surface area contributed by atoms with Crippen LogP contribution in [0.4, 0.5) is 5.69 Å². The van der Waals surface area contributed by atoms with Gasteiger partial charge < -0.3 is 10.2 Å². The fraction of sp³-hybridized carbons (Fsp3) is 0.333. The van der Waals surface area contributed by atoms with Gasteiger partial charge in [-0.2, -0.15) is 0 Å². The Hall–Kier alpha value is -1.79. The zero-order valence-electron chi connectivity index (χ0n) is 12.6. The molecule has 5 nitrogen and oxygen atoms in total. The molecule has 2 rings (SSSR count). The number of rotatable bonds is 4. The summed E-state index contributed by atoms with van der Waals surface area (Å²) in [4.78, 5) is 0.165. The molecular formula is C15H20N2O3S. The molecule has 0 aliphatic heterocycles. The van der Waals surface area contributed by atoms with Crippen molar-refractivity contribution in [2.45, 2.75) is 38.6 Å². The van der Waals surface area contributed by atoms with E-state index in [1.165, 1.54) is 6.07 Å². The van der Waals surface area contributed by atoms with E-state index in [1.807, 2.05) is 20.8 Å². The zero-order chi connectivity index (χ0) is 15.8. The van der Waals surface area contributed by atoms with Crippen LogP contribution in [0.25, 0.3) is 0 Å². The van der Waals surface area contributed by atoms with Crippen LogP contribution in [0.2, 0.25) is 0 Å². The molecule has 1 atom stereocenters. The first kappa shape index (κ1) is 15.6. The molecule has 0 spiro atoms. The number of furan rings is 1.